The van der Waals surface area contributed by atoms with Crippen molar-refractivity contribution in [3.63, 3.8) is 0 Å². The summed E-state index contributed by atoms with van der Waals surface area (Å²) < 4.78 is 77.4. The molecule has 8 heteroatoms. The van der Waals surface area contributed by atoms with Crippen LogP contribution in [0.4, 0.5) is 13.2 Å². The van der Waals surface area contributed by atoms with E-state index in [9.17, 15) is 21.6 Å². The highest BCUT2D eigenvalue weighted by Crippen LogP contribution is 2.39. The van der Waals surface area contributed by atoms with E-state index in [0.29, 0.717) is 0 Å². The van der Waals surface area contributed by atoms with Crippen LogP contribution in [0.3, 0.4) is 0 Å². The van der Waals surface area contributed by atoms with E-state index in [1.165, 1.54) is 44.4 Å². The summed E-state index contributed by atoms with van der Waals surface area (Å²) in [7, 11) is -3.13. The maximum atomic E-state index is 13.4. The van der Waals surface area contributed by atoms with Gasteiger partial charge in [0.2, 0.25) is 9.84 Å². The molecule has 0 aromatic heterocycles. The Morgan fingerprint density at radius 2 is 1.60 bits per heavy atom. The normalized spacial score (nSPS) is 11.9. The molecule has 4 nitrogen and oxygen atoms in total. The van der Waals surface area contributed by atoms with Gasteiger partial charge in [-0.05, 0) is 36.2 Å². The SMILES string of the molecule is COc1cc(S(=O)(=O)c2c(C)cccc2C(F)(F)F)ccc1OCc1ccccc1. The molecule has 0 radical (unpaired) electrons. The van der Waals surface area contributed by atoms with Crippen LogP contribution in [0.5, 0.6) is 11.5 Å². The van der Waals surface area contributed by atoms with Crippen molar-refractivity contribution >= 4 is 9.84 Å². The van der Waals surface area contributed by atoms with Crippen molar-refractivity contribution in [1.29, 1.82) is 0 Å². The Bertz CT molecular complexity index is 1140. The smallest absolute Gasteiger partial charge is 0.417 e. The molecular formula is C22H19F3O4S. The number of ether oxygens (including phenoxy) is 2. The minimum absolute atomic E-state index is 0.00759. The molecule has 0 N–H and O–H groups in total. The van der Waals surface area contributed by atoms with Gasteiger partial charge in [0.25, 0.3) is 0 Å². The van der Waals surface area contributed by atoms with Gasteiger partial charge in [0.05, 0.1) is 22.5 Å². The Labute approximate surface area is 172 Å². The van der Waals surface area contributed by atoms with Gasteiger partial charge in [-0.15, -0.1) is 0 Å². The van der Waals surface area contributed by atoms with Crippen LogP contribution < -0.4 is 9.47 Å². The summed E-state index contributed by atoms with van der Waals surface area (Å²) in [5.74, 6) is 0.385. The fourth-order valence-corrected chi connectivity index (χ4v) is 4.73. The predicted molar refractivity (Wildman–Crippen MR) is 105 cm³/mol. The van der Waals surface area contributed by atoms with Gasteiger partial charge >= 0.3 is 6.18 Å². The minimum Gasteiger partial charge on any atom is -0.493 e. The van der Waals surface area contributed by atoms with E-state index in [4.69, 9.17) is 9.47 Å². The first kappa shape index (κ1) is 21.7. The number of hydrogen-bond donors (Lipinski definition) is 0. The molecule has 0 unspecified atom stereocenters. The van der Waals surface area contributed by atoms with Gasteiger partial charge in [-0.25, -0.2) is 8.42 Å². The van der Waals surface area contributed by atoms with Crippen molar-refractivity contribution in [2.75, 3.05) is 7.11 Å². The second-order valence-electron chi connectivity index (χ2n) is 6.54. The molecule has 0 atom stereocenters. The highest BCUT2D eigenvalue weighted by Gasteiger charge is 2.38. The fraction of sp³-hybridized carbons (Fsp3) is 0.182. The molecular weight excluding hydrogens is 417 g/mol. The molecule has 0 aliphatic carbocycles. The van der Waals surface area contributed by atoms with E-state index in [0.717, 1.165) is 11.6 Å². The zero-order chi connectivity index (χ0) is 21.9. The monoisotopic (exact) mass is 436 g/mol. The predicted octanol–water partition coefficient (Wildman–Crippen LogP) is 5.43. The van der Waals surface area contributed by atoms with Gasteiger partial charge in [-0.3, -0.25) is 0 Å². The lowest BCUT2D eigenvalue weighted by molar-refractivity contribution is -0.139. The number of methoxy groups -OCH3 is 1. The Balaban J connectivity index is 2.00. The van der Waals surface area contributed by atoms with Crippen molar-refractivity contribution < 1.29 is 31.1 Å². The lowest BCUT2D eigenvalue weighted by Gasteiger charge is -2.17. The van der Waals surface area contributed by atoms with Crippen LogP contribution in [0.1, 0.15) is 16.7 Å². The van der Waals surface area contributed by atoms with Crippen LogP contribution in [-0.4, -0.2) is 15.5 Å². The zero-order valence-corrected chi connectivity index (χ0v) is 17.0. The lowest BCUT2D eigenvalue weighted by atomic mass is 10.1. The van der Waals surface area contributed by atoms with Crippen molar-refractivity contribution in [3.05, 3.63) is 83.4 Å². The van der Waals surface area contributed by atoms with E-state index in [2.05, 4.69) is 0 Å². The summed E-state index contributed by atoms with van der Waals surface area (Å²) in [5, 5.41) is 0. The molecule has 30 heavy (non-hydrogen) atoms. The largest absolute Gasteiger partial charge is 0.493 e. The van der Waals surface area contributed by atoms with E-state index in [-0.39, 0.29) is 28.6 Å². The van der Waals surface area contributed by atoms with E-state index in [1.54, 1.807) is 0 Å². The molecule has 0 aliphatic heterocycles. The van der Waals surface area contributed by atoms with Crippen LogP contribution in [0.15, 0.2) is 76.5 Å². The van der Waals surface area contributed by atoms with Crippen molar-refractivity contribution in [2.45, 2.75) is 29.5 Å². The van der Waals surface area contributed by atoms with Gasteiger partial charge < -0.3 is 9.47 Å². The molecule has 0 aliphatic rings. The molecule has 3 aromatic rings. The Morgan fingerprint density at radius 1 is 0.900 bits per heavy atom. The second-order valence-corrected chi connectivity index (χ2v) is 8.43. The molecule has 158 valence electrons. The first-order valence-electron chi connectivity index (χ1n) is 8.91. The quantitative estimate of drug-likeness (QED) is 0.517. The van der Waals surface area contributed by atoms with Gasteiger partial charge in [0.1, 0.15) is 6.61 Å². The maximum absolute atomic E-state index is 13.4. The topological polar surface area (TPSA) is 52.6 Å². The summed E-state index contributed by atoms with van der Waals surface area (Å²) in [6, 6.07) is 16.3. The van der Waals surface area contributed by atoms with E-state index < -0.39 is 26.5 Å². The molecule has 0 spiro atoms. The van der Waals surface area contributed by atoms with E-state index in [1.807, 2.05) is 30.3 Å². The van der Waals surface area contributed by atoms with Crippen LogP contribution in [0, 0.1) is 6.92 Å². The molecule has 0 heterocycles. The summed E-state index contributed by atoms with van der Waals surface area (Å²) in [6.45, 7) is 1.55. The average Bonchev–Trinajstić information content (AvgIpc) is 2.71. The lowest BCUT2D eigenvalue weighted by Crippen LogP contribution is -2.15. The minimum atomic E-state index is -4.81. The number of sulfone groups is 1. The number of alkyl halides is 3. The summed E-state index contributed by atoms with van der Waals surface area (Å²) in [6.07, 6.45) is -4.81. The van der Waals surface area contributed by atoms with Crippen molar-refractivity contribution in [2.24, 2.45) is 0 Å². The maximum Gasteiger partial charge on any atom is 0.417 e. The zero-order valence-electron chi connectivity index (χ0n) is 16.2. The van der Waals surface area contributed by atoms with E-state index >= 15 is 0 Å². The van der Waals surface area contributed by atoms with Crippen molar-refractivity contribution in [3.8, 4) is 11.5 Å². The third kappa shape index (κ3) is 4.43. The summed E-state index contributed by atoms with van der Waals surface area (Å²) >= 11 is 0. The highest BCUT2D eigenvalue weighted by atomic mass is 32.2. The third-order valence-corrected chi connectivity index (χ3v) is 6.42. The molecule has 3 rings (SSSR count). The molecule has 0 amide bonds. The Hall–Kier alpha value is -3.00. The number of halogens is 3. The first-order valence-corrected chi connectivity index (χ1v) is 10.4. The van der Waals surface area contributed by atoms with Crippen LogP contribution >= 0.6 is 0 Å². The summed E-state index contributed by atoms with van der Waals surface area (Å²) in [4.78, 5) is -1.08. The number of benzene rings is 3. The van der Waals surface area contributed by atoms with Crippen molar-refractivity contribution in [1.82, 2.24) is 0 Å². The van der Waals surface area contributed by atoms with Gasteiger partial charge in [-0.2, -0.15) is 13.2 Å². The average molecular weight is 436 g/mol. The Morgan fingerprint density at radius 3 is 2.23 bits per heavy atom. The standard InChI is InChI=1S/C22H19F3O4S/c1-15-7-6-10-18(22(23,24)25)21(15)30(26,27)17-11-12-19(20(13-17)28-2)29-14-16-8-4-3-5-9-16/h3-13H,14H2,1-2H3. The van der Waals surface area contributed by atoms with Gasteiger partial charge in [0, 0.05) is 6.07 Å². The third-order valence-electron chi connectivity index (χ3n) is 4.47. The second kappa shape index (κ2) is 8.39. The number of rotatable bonds is 6. The number of aryl methyl sites for hydroxylation is 1. The Kier molecular flexibility index (Phi) is 6.07. The fourth-order valence-electron chi connectivity index (χ4n) is 3.02. The highest BCUT2D eigenvalue weighted by molar-refractivity contribution is 7.91. The molecule has 0 saturated carbocycles. The van der Waals surface area contributed by atoms with Gasteiger partial charge in [-0.1, -0.05) is 42.5 Å². The van der Waals surface area contributed by atoms with Crippen LogP contribution in [-0.2, 0) is 22.6 Å². The van der Waals surface area contributed by atoms with Crippen LogP contribution in [0.2, 0.25) is 0 Å². The molecule has 0 bridgehead atoms. The number of hydrogen-bond acceptors (Lipinski definition) is 4. The first-order chi connectivity index (χ1) is 14.1. The molecule has 0 fully saturated rings. The summed E-state index contributed by atoms with van der Waals surface area (Å²) in [5.41, 5.74) is -0.301. The molecule has 0 saturated heterocycles. The van der Waals surface area contributed by atoms with Crippen LogP contribution in [0.25, 0.3) is 0 Å². The van der Waals surface area contributed by atoms with Gasteiger partial charge in [0.15, 0.2) is 11.5 Å². The molecule has 3 aromatic carbocycles.